The van der Waals surface area contributed by atoms with Crippen LogP contribution in [0.15, 0.2) is 46.1 Å². The van der Waals surface area contributed by atoms with Gasteiger partial charge in [-0.15, -0.1) is 5.10 Å². The highest BCUT2D eigenvalue weighted by molar-refractivity contribution is 5.64. The summed E-state index contributed by atoms with van der Waals surface area (Å²) in [5.74, 6) is 0. The van der Waals surface area contributed by atoms with E-state index in [4.69, 9.17) is 10.00 Å². The maximum atomic E-state index is 12.1. The van der Waals surface area contributed by atoms with Gasteiger partial charge in [-0.3, -0.25) is 9.78 Å². The summed E-state index contributed by atoms with van der Waals surface area (Å²) >= 11 is 0. The quantitative estimate of drug-likeness (QED) is 0.689. The Morgan fingerprint density at radius 3 is 2.93 bits per heavy atom. The number of rotatable bonds is 3. The Morgan fingerprint density at radius 1 is 1.28 bits per heavy atom. The minimum Gasteiger partial charge on any atom is -0.370 e. The van der Waals surface area contributed by atoms with E-state index < -0.39 is 11.2 Å². The summed E-state index contributed by atoms with van der Waals surface area (Å²) in [4.78, 5) is 30.2. The number of hydrogen-bond donors (Lipinski definition) is 2. The molecule has 0 radical (unpaired) electrons. The van der Waals surface area contributed by atoms with Crippen LogP contribution in [-0.4, -0.2) is 39.9 Å². The molecular weight excluding hydrogens is 372 g/mol. The summed E-state index contributed by atoms with van der Waals surface area (Å²) in [5.41, 5.74) is 2.60. The molecule has 1 atom stereocenters. The second kappa shape index (κ2) is 7.69. The van der Waals surface area contributed by atoms with Crippen molar-refractivity contribution in [2.75, 3.05) is 24.6 Å². The zero-order valence-electron chi connectivity index (χ0n) is 15.7. The average molecular weight is 390 g/mol. The van der Waals surface area contributed by atoms with E-state index in [1.807, 2.05) is 25.1 Å². The molecule has 0 spiro atoms. The van der Waals surface area contributed by atoms with E-state index in [2.05, 4.69) is 31.1 Å². The van der Waals surface area contributed by atoms with Gasteiger partial charge in [0.15, 0.2) is 0 Å². The first kappa shape index (κ1) is 18.6. The number of nitrogens with one attached hydrogen (secondary N) is 2. The second-order valence-electron chi connectivity index (χ2n) is 6.73. The summed E-state index contributed by atoms with van der Waals surface area (Å²) in [6, 6.07) is 11.3. The number of morpholine rings is 1. The van der Waals surface area contributed by atoms with Gasteiger partial charge in [-0.25, -0.2) is 4.79 Å². The van der Waals surface area contributed by atoms with E-state index in [-0.39, 0.29) is 11.7 Å². The van der Waals surface area contributed by atoms with Crippen molar-refractivity contribution in [2.24, 2.45) is 0 Å². The normalized spacial score (nSPS) is 16.4. The fourth-order valence-corrected chi connectivity index (χ4v) is 3.37. The highest BCUT2D eigenvalue weighted by Gasteiger charge is 2.24. The number of ether oxygens (including phenoxy) is 1. The van der Waals surface area contributed by atoms with Crippen molar-refractivity contribution in [3.8, 4) is 17.3 Å². The van der Waals surface area contributed by atoms with Gasteiger partial charge in [0.1, 0.15) is 11.8 Å². The third kappa shape index (κ3) is 3.79. The van der Waals surface area contributed by atoms with Crippen LogP contribution in [0.25, 0.3) is 11.3 Å². The smallest absolute Gasteiger partial charge is 0.325 e. The van der Waals surface area contributed by atoms with Gasteiger partial charge in [-0.2, -0.15) is 10.4 Å². The van der Waals surface area contributed by atoms with Crippen molar-refractivity contribution in [3.05, 3.63) is 74.2 Å². The first-order chi connectivity index (χ1) is 14.0. The zero-order chi connectivity index (χ0) is 20.4. The predicted octanol–water partition coefficient (Wildman–Crippen LogP) is 1.28. The van der Waals surface area contributed by atoms with Gasteiger partial charge in [0.05, 0.1) is 35.2 Å². The van der Waals surface area contributed by atoms with Gasteiger partial charge in [-0.05, 0) is 30.7 Å². The average Bonchev–Trinajstić information content (AvgIpc) is 2.74. The molecule has 3 heterocycles. The van der Waals surface area contributed by atoms with Crippen molar-refractivity contribution in [1.82, 2.24) is 20.2 Å². The van der Waals surface area contributed by atoms with Crippen LogP contribution in [0, 0.1) is 18.3 Å². The molecule has 1 saturated heterocycles. The van der Waals surface area contributed by atoms with E-state index in [1.165, 1.54) is 6.20 Å². The topological polar surface area (TPSA) is 128 Å². The molecule has 1 aliphatic rings. The maximum absolute atomic E-state index is 12.1. The molecule has 2 N–H and O–H groups in total. The molecule has 1 fully saturated rings. The van der Waals surface area contributed by atoms with E-state index in [9.17, 15) is 9.59 Å². The molecular formula is C20H18N6O3. The van der Waals surface area contributed by atoms with Gasteiger partial charge in [0, 0.05) is 19.3 Å². The van der Waals surface area contributed by atoms with Gasteiger partial charge in [0.2, 0.25) is 0 Å². The van der Waals surface area contributed by atoms with E-state index in [1.54, 1.807) is 12.1 Å². The summed E-state index contributed by atoms with van der Waals surface area (Å²) in [6.07, 6.45) is 1.14. The summed E-state index contributed by atoms with van der Waals surface area (Å²) in [6.45, 7) is 3.59. The lowest BCUT2D eigenvalue weighted by Crippen LogP contribution is -2.39. The second-order valence-corrected chi connectivity index (χ2v) is 6.73. The van der Waals surface area contributed by atoms with Crippen molar-refractivity contribution in [2.45, 2.75) is 13.0 Å². The third-order valence-corrected chi connectivity index (χ3v) is 4.84. The Balaban J connectivity index is 1.66. The molecule has 0 amide bonds. The molecule has 9 heteroatoms. The van der Waals surface area contributed by atoms with Gasteiger partial charge < -0.3 is 14.6 Å². The Bertz CT molecular complexity index is 1210. The Morgan fingerprint density at radius 2 is 2.14 bits per heavy atom. The fourth-order valence-electron chi connectivity index (χ4n) is 3.37. The monoisotopic (exact) mass is 390 g/mol. The summed E-state index contributed by atoms with van der Waals surface area (Å²) in [5, 5.41) is 17.4. The Labute approximate surface area is 165 Å². The van der Waals surface area contributed by atoms with Crippen LogP contribution in [0.1, 0.15) is 22.9 Å². The standard InChI is InChI=1S/C20H18N6O3/c1-12-17(8-16(25-24-12)15-10-22-20(28)23-19(15)27)26-5-6-29-18(11-26)14-4-2-3-13(7-14)9-21/h2-4,7-8,10,18H,5-6,11H2,1H3,(H2,22,23,27,28). The number of nitriles is 1. The first-order valence-corrected chi connectivity index (χ1v) is 9.08. The molecule has 2 aromatic heterocycles. The number of H-pyrrole nitrogens is 2. The molecule has 1 aliphatic heterocycles. The predicted molar refractivity (Wildman–Crippen MR) is 106 cm³/mol. The number of nitrogens with zero attached hydrogens (tertiary/aromatic N) is 4. The van der Waals surface area contributed by atoms with E-state index in [0.717, 1.165) is 16.9 Å². The number of aromatic nitrogens is 4. The largest absolute Gasteiger partial charge is 0.370 e. The van der Waals surface area contributed by atoms with Crippen molar-refractivity contribution < 1.29 is 4.74 Å². The SMILES string of the molecule is Cc1nnc(-c2c[nH]c(=O)[nH]c2=O)cc1N1CCOC(c2cccc(C#N)c2)C1. The molecule has 29 heavy (non-hydrogen) atoms. The van der Waals surface area contributed by atoms with Crippen molar-refractivity contribution in [3.63, 3.8) is 0 Å². The van der Waals surface area contributed by atoms with Crippen LogP contribution < -0.4 is 16.1 Å². The molecule has 0 bridgehead atoms. The van der Waals surface area contributed by atoms with Crippen LogP contribution in [0.5, 0.6) is 0 Å². The van der Waals surface area contributed by atoms with Crippen LogP contribution in [0.4, 0.5) is 5.69 Å². The number of aromatic amines is 2. The first-order valence-electron chi connectivity index (χ1n) is 9.08. The minimum atomic E-state index is -0.574. The molecule has 1 unspecified atom stereocenters. The van der Waals surface area contributed by atoms with Crippen LogP contribution >= 0.6 is 0 Å². The minimum absolute atomic E-state index is 0.190. The highest BCUT2D eigenvalue weighted by atomic mass is 16.5. The lowest BCUT2D eigenvalue weighted by Gasteiger charge is -2.35. The lowest BCUT2D eigenvalue weighted by atomic mass is 10.0. The molecule has 3 aromatic rings. The molecule has 4 rings (SSSR count). The van der Waals surface area contributed by atoms with E-state index >= 15 is 0 Å². The number of anilines is 1. The maximum Gasteiger partial charge on any atom is 0.325 e. The summed E-state index contributed by atoms with van der Waals surface area (Å²) < 4.78 is 5.92. The Kier molecular flexibility index (Phi) is 4.93. The van der Waals surface area contributed by atoms with Gasteiger partial charge in [-0.1, -0.05) is 12.1 Å². The molecule has 9 nitrogen and oxygen atoms in total. The number of aryl methyl sites for hydroxylation is 1. The van der Waals surface area contributed by atoms with Crippen molar-refractivity contribution in [1.29, 1.82) is 5.26 Å². The Hall–Kier alpha value is -3.77. The van der Waals surface area contributed by atoms with Crippen LogP contribution in [-0.2, 0) is 4.74 Å². The fraction of sp³-hybridized carbons (Fsp3) is 0.250. The summed E-state index contributed by atoms with van der Waals surface area (Å²) in [7, 11) is 0. The molecule has 146 valence electrons. The van der Waals surface area contributed by atoms with Crippen molar-refractivity contribution >= 4 is 5.69 Å². The molecule has 1 aromatic carbocycles. The van der Waals surface area contributed by atoms with Crippen LogP contribution in [0.2, 0.25) is 0 Å². The van der Waals surface area contributed by atoms with Gasteiger partial charge >= 0.3 is 5.69 Å². The third-order valence-electron chi connectivity index (χ3n) is 4.84. The van der Waals surface area contributed by atoms with E-state index in [0.29, 0.717) is 31.0 Å². The lowest BCUT2D eigenvalue weighted by molar-refractivity contribution is 0.0397. The number of hydrogen-bond acceptors (Lipinski definition) is 7. The number of benzene rings is 1. The highest BCUT2D eigenvalue weighted by Crippen LogP contribution is 2.29. The molecule has 0 saturated carbocycles. The van der Waals surface area contributed by atoms with Crippen LogP contribution in [0.3, 0.4) is 0 Å². The molecule has 0 aliphatic carbocycles. The zero-order valence-corrected chi connectivity index (χ0v) is 15.7. The van der Waals surface area contributed by atoms with Gasteiger partial charge in [0.25, 0.3) is 5.56 Å².